The van der Waals surface area contributed by atoms with Crippen LogP contribution in [0.3, 0.4) is 0 Å². The fraction of sp³-hybridized carbons (Fsp3) is 0.100. The molecule has 25 heavy (non-hydrogen) atoms. The molecule has 0 aliphatic rings. The summed E-state index contributed by atoms with van der Waals surface area (Å²) in [4.78, 5) is 18.5. The summed E-state index contributed by atoms with van der Waals surface area (Å²) in [5.74, 6) is 0. The Labute approximate surface area is 151 Å². The van der Waals surface area contributed by atoms with Crippen molar-refractivity contribution in [1.82, 2.24) is 4.98 Å². The summed E-state index contributed by atoms with van der Waals surface area (Å²) < 4.78 is 5.42. The SMILES string of the molecule is C=CCN(C(=O)OCc1ccccc1)c1nc(-c2ccccc2)cs1. The minimum Gasteiger partial charge on any atom is -0.444 e. The second-order valence-electron chi connectivity index (χ2n) is 5.32. The molecule has 0 N–H and O–H groups in total. The van der Waals surface area contributed by atoms with Crippen LogP contribution in [0.15, 0.2) is 78.7 Å². The van der Waals surface area contributed by atoms with E-state index in [2.05, 4.69) is 11.6 Å². The van der Waals surface area contributed by atoms with Gasteiger partial charge in [0.1, 0.15) is 6.61 Å². The summed E-state index contributed by atoms with van der Waals surface area (Å²) in [7, 11) is 0. The first-order valence-corrected chi connectivity index (χ1v) is 8.76. The van der Waals surface area contributed by atoms with Crippen molar-refractivity contribution in [3.8, 4) is 11.3 Å². The lowest BCUT2D eigenvalue weighted by Crippen LogP contribution is -2.31. The Kier molecular flexibility index (Phi) is 5.59. The molecule has 0 saturated heterocycles. The number of nitrogens with zero attached hydrogens (tertiary/aromatic N) is 2. The average Bonchev–Trinajstić information content (AvgIpc) is 3.15. The lowest BCUT2D eigenvalue weighted by atomic mass is 10.2. The Bertz CT molecular complexity index is 831. The van der Waals surface area contributed by atoms with Gasteiger partial charge in [0.05, 0.1) is 5.69 Å². The van der Waals surface area contributed by atoms with E-state index in [1.165, 1.54) is 16.2 Å². The molecule has 0 saturated carbocycles. The summed E-state index contributed by atoms with van der Waals surface area (Å²) in [6, 6.07) is 19.5. The van der Waals surface area contributed by atoms with Crippen molar-refractivity contribution in [2.45, 2.75) is 6.61 Å². The minimum absolute atomic E-state index is 0.226. The highest BCUT2D eigenvalue weighted by Gasteiger charge is 2.19. The Hall–Kier alpha value is -2.92. The van der Waals surface area contributed by atoms with Crippen LogP contribution in [0.25, 0.3) is 11.3 Å². The van der Waals surface area contributed by atoms with Crippen LogP contribution in [-0.4, -0.2) is 17.6 Å². The van der Waals surface area contributed by atoms with Crippen LogP contribution in [0.2, 0.25) is 0 Å². The molecule has 1 aromatic heterocycles. The zero-order chi connectivity index (χ0) is 17.5. The van der Waals surface area contributed by atoms with Gasteiger partial charge in [0.2, 0.25) is 0 Å². The van der Waals surface area contributed by atoms with E-state index >= 15 is 0 Å². The number of thiazole rings is 1. The molecule has 0 atom stereocenters. The fourth-order valence-corrected chi connectivity index (χ4v) is 3.12. The highest BCUT2D eigenvalue weighted by molar-refractivity contribution is 7.14. The van der Waals surface area contributed by atoms with Crippen LogP contribution in [0.1, 0.15) is 5.56 Å². The topological polar surface area (TPSA) is 42.4 Å². The zero-order valence-electron chi connectivity index (χ0n) is 13.7. The van der Waals surface area contributed by atoms with E-state index < -0.39 is 6.09 Å². The fourth-order valence-electron chi connectivity index (χ4n) is 2.29. The first-order valence-electron chi connectivity index (χ1n) is 7.88. The number of carbonyl (C=O) groups excluding carboxylic acids is 1. The predicted molar refractivity (Wildman–Crippen MR) is 102 cm³/mol. The monoisotopic (exact) mass is 350 g/mol. The maximum atomic E-state index is 12.5. The molecule has 0 spiro atoms. The second-order valence-corrected chi connectivity index (χ2v) is 6.16. The van der Waals surface area contributed by atoms with Crippen LogP contribution in [0.4, 0.5) is 9.93 Å². The number of ether oxygens (including phenoxy) is 1. The predicted octanol–water partition coefficient (Wildman–Crippen LogP) is 5.14. The van der Waals surface area contributed by atoms with Gasteiger partial charge in [-0.05, 0) is 5.56 Å². The number of rotatable bonds is 6. The van der Waals surface area contributed by atoms with Gasteiger partial charge in [-0.15, -0.1) is 17.9 Å². The van der Waals surface area contributed by atoms with Gasteiger partial charge in [-0.3, -0.25) is 0 Å². The molecule has 1 heterocycles. The van der Waals surface area contributed by atoms with Crippen LogP contribution in [0, 0.1) is 0 Å². The number of hydrogen-bond donors (Lipinski definition) is 0. The van der Waals surface area contributed by atoms with Crippen molar-refractivity contribution in [1.29, 1.82) is 0 Å². The molecule has 2 aromatic carbocycles. The molecule has 4 nitrogen and oxygen atoms in total. The third-order valence-corrected chi connectivity index (χ3v) is 4.39. The van der Waals surface area contributed by atoms with E-state index in [1.54, 1.807) is 6.08 Å². The van der Waals surface area contributed by atoms with Gasteiger partial charge < -0.3 is 4.74 Å². The molecule has 126 valence electrons. The van der Waals surface area contributed by atoms with Gasteiger partial charge in [-0.1, -0.05) is 66.7 Å². The normalized spacial score (nSPS) is 10.2. The third kappa shape index (κ3) is 4.33. The number of anilines is 1. The number of carbonyl (C=O) groups is 1. The zero-order valence-corrected chi connectivity index (χ0v) is 14.5. The molecule has 0 radical (unpaired) electrons. The molecule has 5 heteroatoms. The molecule has 3 rings (SSSR count). The third-order valence-electron chi connectivity index (χ3n) is 3.53. The van der Waals surface area contributed by atoms with Gasteiger partial charge >= 0.3 is 6.09 Å². The number of benzene rings is 2. The van der Waals surface area contributed by atoms with E-state index in [9.17, 15) is 4.79 Å². The number of aromatic nitrogens is 1. The summed E-state index contributed by atoms with van der Waals surface area (Å²) in [6.45, 7) is 4.29. The summed E-state index contributed by atoms with van der Waals surface area (Å²) in [5.41, 5.74) is 2.80. The highest BCUT2D eigenvalue weighted by atomic mass is 32.1. The summed E-state index contributed by atoms with van der Waals surface area (Å²) >= 11 is 1.41. The van der Waals surface area contributed by atoms with E-state index in [-0.39, 0.29) is 6.61 Å². The van der Waals surface area contributed by atoms with E-state index in [4.69, 9.17) is 4.74 Å². The van der Waals surface area contributed by atoms with Crippen molar-refractivity contribution in [3.05, 3.63) is 84.3 Å². The number of amides is 1. The van der Waals surface area contributed by atoms with Gasteiger partial charge in [0.15, 0.2) is 5.13 Å². The molecule has 3 aromatic rings. The highest BCUT2D eigenvalue weighted by Crippen LogP contribution is 2.27. The van der Waals surface area contributed by atoms with Gasteiger partial charge in [0.25, 0.3) is 0 Å². The van der Waals surface area contributed by atoms with E-state index in [1.807, 2.05) is 66.0 Å². The molecular weight excluding hydrogens is 332 g/mol. The Morgan fingerprint density at radius 3 is 2.48 bits per heavy atom. The van der Waals surface area contributed by atoms with Gasteiger partial charge in [0, 0.05) is 17.5 Å². The van der Waals surface area contributed by atoms with E-state index in [0.29, 0.717) is 11.7 Å². The lowest BCUT2D eigenvalue weighted by molar-refractivity contribution is 0.147. The summed E-state index contributed by atoms with van der Waals surface area (Å²) in [5, 5.41) is 2.53. The largest absolute Gasteiger partial charge is 0.444 e. The molecule has 0 fully saturated rings. The van der Waals surface area contributed by atoms with Gasteiger partial charge in [-0.25, -0.2) is 14.7 Å². The van der Waals surface area contributed by atoms with Crippen molar-refractivity contribution < 1.29 is 9.53 Å². The van der Waals surface area contributed by atoms with Crippen molar-refractivity contribution in [3.63, 3.8) is 0 Å². The van der Waals surface area contributed by atoms with Crippen molar-refractivity contribution >= 4 is 22.6 Å². The molecule has 0 unspecified atom stereocenters. The van der Waals surface area contributed by atoms with Crippen LogP contribution in [-0.2, 0) is 11.3 Å². The Morgan fingerprint density at radius 2 is 1.80 bits per heavy atom. The minimum atomic E-state index is -0.433. The lowest BCUT2D eigenvalue weighted by Gasteiger charge is -2.17. The molecule has 0 aliphatic heterocycles. The first-order chi connectivity index (χ1) is 12.3. The average molecular weight is 350 g/mol. The van der Waals surface area contributed by atoms with Crippen LogP contribution < -0.4 is 4.90 Å². The smallest absolute Gasteiger partial charge is 0.416 e. The quantitative estimate of drug-likeness (QED) is 0.578. The summed E-state index contributed by atoms with van der Waals surface area (Å²) in [6.07, 6.45) is 1.23. The van der Waals surface area contributed by atoms with Gasteiger partial charge in [-0.2, -0.15) is 0 Å². The van der Waals surface area contributed by atoms with E-state index in [0.717, 1.165) is 16.8 Å². The standard InChI is InChI=1S/C20H18N2O2S/c1-2-13-22(20(23)24-14-16-9-5-3-6-10-16)19-21-18(15-25-19)17-11-7-4-8-12-17/h2-12,15H,1,13-14H2. The molecule has 0 bridgehead atoms. The number of hydrogen-bond acceptors (Lipinski definition) is 4. The Balaban J connectivity index is 1.73. The first kappa shape index (κ1) is 16.9. The van der Waals surface area contributed by atoms with Crippen LogP contribution in [0.5, 0.6) is 0 Å². The molecular formula is C20H18N2O2S. The maximum absolute atomic E-state index is 12.5. The maximum Gasteiger partial charge on any atom is 0.416 e. The van der Waals surface area contributed by atoms with Crippen molar-refractivity contribution in [2.24, 2.45) is 0 Å². The molecule has 1 amide bonds. The Morgan fingerprint density at radius 1 is 1.12 bits per heavy atom. The van der Waals surface area contributed by atoms with Crippen LogP contribution >= 0.6 is 11.3 Å². The molecule has 0 aliphatic carbocycles. The second kappa shape index (κ2) is 8.26. The van der Waals surface area contributed by atoms with Crippen molar-refractivity contribution in [2.75, 3.05) is 11.4 Å².